The Morgan fingerprint density at radius 3 is 2.18 bits per heavy atom. The Kier molecular flexibility index (Phi) is 5.75. The fourth-order valence-corrected chi connectivity index (χ4v) is 2.06. The van der Waals surface area contributed by atoms with Crippen molar-refractivity contribution in [2.45, 2.75) is 27.9 Å². The molecular weight excluding hydrogens is 321 g/mol. The molecule has 1 aromatic carbocycles. The second kappa shape index (κ2) is 6.21. The van der Waals surface area contributed by atoms with Gasteiger partial charge in [-0.2, -0.15) is 0 Å². The summed E-state index contributed by atoms with van der Waals surface area (Å²) < 4.78 is -3.36. The summed E-state index contributed by atoms with van der Waals surface area (Å²) in [5.41, 5.74) is 1.50. The second-order valence-electron chi connectivity index (χ2n) is 3.65. The molecule has 0 aliphatic carbocycles. The van der Waals surface area contributed by atoms with Crippen molar-refractivity contribution in [2.24, 2.45) is 0 Å². The highest BCUT2D eigenvalue weighted by Gasteiger charge is 2.48. The largest absolute Gasteiger partial charge is 0.227 e. The summed E-state index contributed by atoms with van der Waals surface area (Å²) in [6, 6.07) is 7.38. The number of unbranched alkanes of at least 4 members (excludes halogenated alkanes) is 1. The fraction of sp³-hybridized carbons (Fsp3) is 0.417. The lowest BCUT2D eigenvalue weighted by molar-refractivity contribution is 0.851. The van der Waals surface area contributed by atoms with E-state index in [9.17, 15) is 0 Å². The van der Waals surface area contributed by atoms with Crippen molar-refractivity contribution in [2.75, 3.05) is 0 Å². The maximum absolute atomic E-state index is 6.17. The Bertz CT molecular complexity index is 367. The van der Waals surface area contributed by atoms with Crippen LogP contribution in [0.1, 0.15) is 30.9 Å². The van der Waals surface area contributed by atoms with E-state index in [0.29, 0.717) is 5.56 Å². The molecule has 0 saturated carbocycles. The fourth-order valence-electron chi connectivity index (χ4n) is 1.41. The molecular formula is C12H12Cl5. The molecule has 0 N–H and O–H groups in total. The van der Waals surface area contributed by atoms with E-state index in [4.69, 9.17) is 58.0 Å². The van der Waals surface area contributed by atoms with E-state index >= 15 is 0 Å². The number of benzene rings is 1. The molecule has 0 aliphatic heterocycles. The van der Waals surface area contributed by atoms with E-state index in [1.54, 1.807) is 6.07 Å². The van der Waals surface area contributed by atoms with Crippen LogP contribution in [0, 0.1) is 6.42 Å². The molecule has 5 heteroatoms. The van der Waals surface area contributed by atoms with Gasteiger partial charge in [-0.15, -0.1) is 0 Å². The van der Waals surface area contributed by atoms with Crippen molar-refractivity contribution in [1.29, 1.82) is 0 Å². The van der Waals surface area contributed by atoms with Crippen LogP contribution in [-0.2, 0) is 4.33 Å². The lowest BCUT2D eigenvalue weighted by Gasteiger charge is -2.29. The molecule has 1 rings (SSSR count). The summed E-state index contributed by atoms with van der Waals surface area (Å²) in [7, 11) is 0. The predicted octanol–water partition coefficient (Wildman–Crippen LogP) is 6.04. The summed E-state index contributed by atoms with van der Waals surface area (Å²) in [4.78, 5) is 0. The first-order valence-corrected chi connectivity index (χ1v) is 7.07. The molecule has 0 aliphatic rings. The summed E-state index contributed by atoms with van der Waals surface area (Å²) in [6.07, 6.45) is 3.98. The maximum Gasteiger partial charge on any atom is 0.227 e. The third-order valence-corrected chi connectivity index (χ3v) is 4.71. The second-order valence-corrected chi connectivity index (χ2v) is 7.26. The molecule has 0 fully saturated rings. The predicted molar refractivity (Wildman–Crippen MR) is 78.4 cm³/mol. The van der Waals surface area contributed by atoms with E-state index in [1.165, 1.54) is 0 Å². The van der Waals surface area contributed by atoms with Crippen LogP contribution >= 0.6 is 58.0 Å². The molecule has 0 unspecified atom stereocenters. The molecule has 0 saturated heterocycles. The Morgan fingerprint density at radius 1 is 1.06 bits per heavy atom. The number of rotatable bonds is 4. The molecule has 0 spiro atoms. The minimum Gasteiger partial charge on any atom is -0.0915 e. The van der Waals surface area contributed by atoms with Crippen molar-refractivity contribution in [3.05, 3.63) is 41.8 Å². The molecule has 0 bridgehead atoms. The van der Waals surface area contributed by atoms with Crippen molar-refractivity contribution in [3.63, 3.8) is 0 Å². The topological polar surface area (TPSA) is 0 Å². The zero-order valence-electron chi connectivity index (χ0n) is 9.19. The van der Waals surface area contributed by atoms with Gasteiger partial charge in [-0.25, -0.2) is 0 Å². The van der Waals surface area contributed by atoms with Crippen LogP contribution in [0.25, 0.3) is 0 Å². The van der Waals surface area contributed by atoms with Gasteiger partial charge < -0.3 is 0 Å². The van der Waals surface area contributed by atoms with Gasteiger partial charge in [0.25, 0.3) is 0 Å². The van der Waals surface area contributed by atoms with Gasteiger partial charge in [0.1, 0.15) is 0 Å². The van der Waals surface area contributed by atoms with Crippen LogP contribution in [0.15, 0.2) is 24.3 Å². The smallest absolute Gasteiger partial charge is 0.0915 e. The number of alkyl halides is 5. The third kappa shape index (κ3) is 3.81. The molecule has 95 valence electrons. The highest BCUT2D eigenvalue weighted by atomic mass is 35.6. The SMILES string of the molecule is CCC[CH]c1ccccc1C(Cl)(Cl)C(Cl)(Cl)Cl. The van der Waals surface area contributed by atoms with Crippen molar-refractivity contribution < 1.29 is 0 Å². The van der Waals surface area contributed by atoms with Gasteiger partial charge in [0.2, 0.25) is 3.79 Å². The van der Waals surface area contributed by atoms with E-state index in [0.717, 1.165) is 18.4 Å². The van der Waals surface area contributed by atoms with Gasteiger partial charge in [-0.05, 0) is 24.0 Å². The van der Waals surface area contributed by atoms with Gasteiger partial charge >= 0.3 is 0 Å². The Morgan fingerprint density at radius 2 is 1.65 bits per heavy atom. The maximum atomic E-state index is 6.17. The Hall–Kier alpha value is 0.670. The summed E-state index contributed by atoms with van der Waals surface area (Å²) in [6.45, 7) is 2.09. The molecule has 1 radical (unpaired) electrons. The van der Waals surface area contributed by atoms with E-state index in [1.807, 2.05) is 24.6 Å². The van der Waals surface area contributed by atoms with Crippen molar-refractivity contribution in [1.82, 2.24) is 0 Å². The van der Waals surface area contributed by atoms with Crippen molar-refractivity contribution in [3.8, 4) is 0 Å². The summed E-state index contributed by atoms with van der Waals surface area (Å²) in [5.74, 6) is 0. The minimum atomic E-state index is -1.79. The first kappa shape index (κ1) is 15.7. The lowest BCUT2D eigenvalue weighted by Crippen LogP contribution is -2.29. The first-order valence-electron chi connectivity index (χ1n) is 5.18. The molecule has 0 aromatic heterocycles. The average Bonchev–Trinajstić information content (AvgIpc) is 2.25. The molecule has 0 nitrogen and oxygen atoms in total. The molecule has 0 heterocycles. The zero-order chi connectivity index (χ0) is 13.1. The van der Waals surface area contributed by atoms with Crippen LogP contribution in [0.4, 0.5) is 0 Å². The van der Waals surface area contributed by atoms with Crippen molar-refractivity contribution >= 4 is 58.0 Å². The molecule has 17 heavy (non-hydrogen) atoms. The number of hydrogen-bond donors (Lipinski definition) is 0. The molecule has 0 atom stereocenters. The van der Waals surface area contributed by atoms with E-state index < -0.39 is 8.13 Å². The third-order valence-electron chi connectivity index (χ3n) is 2.31. The Balaban J connectivity index is 3.12. The molecule has 1 aromatic rings. The zero-order valence-corrected chi connectivity index (χ0v) is 13.0. The molecule has 0 amide bonds. The minimum absolute atomic E-state index is 0.608. The summed E-state index contributed by atoms with van der Waals surface area (Å²) >= 11 is 29.8. The van der Waals surface area contributed by atoms with Crippen LogP contribution < -0.4 is 0 Å². The average molecular weight is 333 g/mol. The lowest BCUT2D eigenvalue weighted by atomic mass is 9.99. The highest BCUT2D eigenvalue weighted by Crippen LogP contribution is 2.53. The number of hydrogen-bond acceptors (Lipinski definition) is 0. The monoisotopic (exact) mass is 331 g/mol. The van der Waals surface area contributed by atoms with Crippen LogP contribution in [0.3, 0.4) is 0 Å². The number of halogens is 5. The van der Waals surface area contributed by atoms with Gasteiger partial charge in [-0.1, -0.05) is 95.6 Å². The first-order chi connectivity index (χ1) is 7.80. The highest BCUT2D eigenvalue weighted by molar-refractivity contribution is 6.75. The van der Waals surface area contributed by atoms with Crippen LogP contribution in [0.5, 0.6) is 0 Å². The van der Waals surface area contributed by atoms with Gasteiger partial charge in [0, 0.05) is 0 Å². The van der Waals surface area contributed by atoms with Gasteiger partial charge in [0.05, 0.1) is 0 Å². The van der Waals surface area contributed by atoms with E-state index in [-0.39, 0.29) is 0 Å². The van der Waals surface area contributed by atoms with Gasteiger partial charge in [0.15, 0.2) is 4.33 Å². The normalized spacial score (nSPS) is 12.8. The van der Waals surface area contributed by atoms with Gasteiger partial charge in [-0.3, -0.25) is 0 Å². The van der Waals surface area contributed by atoms with Crippen LogP contribution in [-0.4, -0.2) is 3.79 Å². The summed E-state index contributed by atoms with van der Waals surface area (Å²) in [5, 5.41) is 0. The Labute approximate surface area is 127 Å². The standard InChI is InChI=1S/C12H12Cl5/c1-2-3-6-9-7-4-5-8-10(9)11(13,14)12(15,16)17/h4-8H,2-3H2,1H3. The van der Waals surface area contributed by atoms with Crippen LogP contribution in [0.2, 0.25) is 0 Å². The van der Waals surface area contributed by atoms with E-state index in [2.05, 4.69) is 6.92 Å². The quantitative estimate of drug-likeness (QED) is 0.589.